The Kier molecular flexibility index (Phi) is 6.90. The summed E-state index contributed by atoms with van der Waals surface area (Å²) in [7, 11) is -1.46. The number of piperazine rings is 1. The van der Waals surface area contributed by atoms with Crippen molar-refractivity contribution in [2.24, 2.45) is 5.92 Å². The normalized spacial score (nSPS) is 20.2. The van der Waals surface area contributed by atoms with Crippen molar-refractivity contribution >= 4 is 8.24 Å². The molecule has 1 heterocycles. The second-order valence-corrected chi connectivity index (χ2v) is 13.5. The monoisotopic (exact) mass is 309 g/mol. The van der Waals surface area contributed by atoms with E-state index in [9.17, 15) is 0 Å². The highest BCUT2D eigenvalue weighted by Gasteiger charge is 2.48. The van der Waals surface area contributed by atoms with Crippen LogP contribution in [0.15, 0.2) is 0 Å². The summed E-state index contributed by atoms with van der Waals surface area (Å²) in [5, 5.41) is 8.98. The van der Waals surface area contributed by atoms with Gasteiger partial charge < -0.3 is 4.57 Å². The van der Waals surface area contributed by atoms with Gasteiger partial charge in [-0.05, 0) is 23.5 Å². The third kappa shape index (κ3) is 3.88. The van der Waals surface area contributed by atoms with E-state index in [-0.39, 0.29) is 5.92 Å². The Balaban J connectivity index is 2.79. The Labute approximate surface area is 133 Å². The topological polar surface area (TPSA) is 30.3 Å². The summed E-state index contributed by atoms with van der Waals surface area (Å²) in [5.41, 5.74) is 2.38. The van der Waals surface area contributed by atoms with Crippen LogP contribution in [-0.4, -0.2) is 50.4 Å². The van der Waals surface area contributed by atoms with E-state index in [1.54, 1.807) is 0 Å². The van der Waals surface area contributed by atoms with Gasteiger partial charge in [-0.25, -0.2) is 0 Å². The van der Waals surface area contributed by atoms with Crippen molar-refractivity contribution in [3.05, 3.63) is 0 Å². The van der Waals surface area contributed by atoms with E-state index in [0.717, 1.165) is 36.3 Å². The molecule has 0 amide bonds. The molecule has 0 aromatic heterocycles. The molecule has 122 valence electrons. The van der Waals surface area contributed by atoms with Gasteiger partial charge in [0, 0.05) is 32.7 Å². The molecule has 1 saturated heterocycles. The summed E-state index contributed by atoms with van der Waals surface area (Å²) >= 11 is 0. The van der Waals surface area contributed by atoms with Gasteiger partial charge in [0.05, 0.1) is 12.0 Å². The maximum Gasteiger partial charge on any atom is 0.136 e. The molecule has 1 unspecified atom stereocenters. The summed E-state index contributed by atoms with van der Waals surface area (Å²) in [6, 6.07) is 2.36. The number of hydrogen-bond acceptors (Lipinski definition) is 3. The predicted octanol–water partition coefficient (Wildman–Crippen LogP) is 3.94. The van der Waals surface area contributed by atoms with Crippen LogP contribution in [0.25, 0.3) is 0 Å². The summed E-state index contributed by atoms with van der Waals surface area (Å²) in [6.07, 6.45) is 0. The van der Waals surface area contributed by atoms with Crippen molar-refractivity contribution in [1.29, 1.82) is 5.26 Å². The van der Waals surface area contributed by atoms with Crippen LogP contribution in [0.4, 0.5) is 0 Å². The molecule has 3 nitrogen and oxygen atoms in total. The van der Waals surface area contributed by atoms with E-state index < -0.39 is 8.24 Å². The zero-order valence-electron chi connectivity index (χ0n) is 15.2. The third-order valence-corrected chi connectivity index (χ3v) is 12.5. The van der Waals surface area contributed by atoms with Crippen molar-refractivity contribution in [3.8, 4) is 6.07 Å². The fourth-order valence-electron chi connectivity index (χ4n) is 4.84. The zero-order chi connectivity index (χ0) is 16.2. The standard InChI is InChI=1S/C17H35N3Si/c1-14(2)21(15(3)4,16(5)6)20-10-8-19(9-11-20)13-17(7)12-18/h14-17H,8-11,13H2,1-7H3. The molecule has 0 spiro atoms. The highest BCUT2D eigenvalue weighted by Crippen LogP contribution is 2.44. The van der Waals surface area contributed by atoms with Gasteiger partial charge in [-0.2, -0.15) is 5.26 Å². The minimum absolute atomic E-state index is 0.152. The van der Waals surface area contributed by atoms with Crippen LogP contribution >= 0.6 is 0 Å². The molecule has 0 aliphatic carbocycles. The van der Waals surface area contributed by atoms with Gasteiger partial charge >= 0.3 is 0 Å². The lowest BCUT2D eigenvalue weighted by Gasteiger charge is -2.53. The van der Waals surface area contributed by atoms with Gasteiger partial charge in [0.2, 0.25) is 0 Å². The molecule has 0 N–H and O–H groups in total. The first-order chi connectivity index (χ1) is 9.76. The number of nitriles is 1. The smallest absolute Gasteiger partial charge is 0.136 e. The third-order valence-electron chi connectivity index (χ3n) is 5.45. The molecule has 21 heavy (non-hydrogen) atoms. The fraction of sp³-hybridized carbons (Fsp3) is 0.941. The van der Waals surface area contributed by atoms with E-state index in [1.165, 1.54) is 13.1 Å². The first-order valence-corrected chi connectivity index (χ1v) is 10.8. The molecule has 1 rings (SSSR count). The van der Waals surface area contributed by atoms with E-state index in [4.69, 9.17) is 5.26 Å². The minimum atomic E-state index is -1.46. The molecule has 0 aromatic carbocycles. The lowest BCUT2D eigenvalue weighted by atomic mass is 10.2. The van der Waals surface area contributed by atoms with Gasteiger partial charge in [0.15, 0.2) is 0 Å². The Hall–Kier alpha value is -0.373. The molecule has 0 aromatic rings. The predicted molar refractivity (Wildman–Crippen MR) is 93.8 cm³/mol. The Morgan fingerprint density at radius 3 is 1.62 bits per heavy atom. The van der Waals surface area contributed by atoms with Crippen molar-refractivity contribution in [3.63, 3.8) is 0 Å². The van der Waals surface area contributed by atoms with Crippen molar-refractivity contribution in [1.82, 2.24) is 9.47 Å². The van der Waals surface area contributed by atoms with Crippen LogP contribution in [0.3, 0.4) is 0 Å². The first-order valence-electron chi connectivity index (χ1n) is 8.63. The summed E-state index contributed by atoms with van der Waals surface area (Å²) in [5.74, 6) is 0.152. The molecule has 1 aliphatic rings. The van der Waals surface area contributed by atoms with Crippen LogP contribution in [0.2, 0.25) is 16.6 Å². The van der Waals surface area contributed by atoms with Crippen LogP contribution in [0.1, 0.15) is 48.5 Å². The summed E-state index contributed by atoms with van der Waals surface area (Å²) < 4.78 is 2.88. The quantitative estimate of drug-likeness (QED) is 0.696. The maximum atomic E-state index is 8.98. The Morgan fingerprint density at radius 1 is 0.857 bits per heavy atom. The van der Waals surface area contributed by atoms with Gasteiger partial charge in [-0.3, -0.25) is 4.90 Å². The lowest BCUT2D eigenvalue weighted by Crippen LogP contribution is -2.65. The largest absolute Gasteiger partial charge is 0.320 e. The van der Waals surface area contributed by atoms with Crippen LogP contribution < -0.4 is 0 Å². The SMILES string of the molecule is CC(C#N)CN1CCN([Si](C(C)C)(C(C)C)C(C)C)CC1. The Morgan fingerprint density at radius 2 is 1.29 bits per heavy atom. The molecular formula is C17H35N3Si. The fourth-order valence-corrected chi connectivity index (χ4v) is 12.0. The average Bonchev–Trinajstić information content (AvgIpc) is 2.39. The van der Waals surface area contributed by atoms with E-state index in [0.29, 0.717) is 0 Å². The number of hydrogen-bond donors (Lipinski definition) is 0. The van der Waals surface area contributed by atoms with Gasteiger partial charge in [-0.15, -0.1) is 0 Å². The maximum absolute atomic E-state index is 8.98. The molecule has 0 saturated carbocycles. The molecule has 1 aliphatic heterocycles. The first kappa shape index (κ1) is 18.7. The van der Waals surface area contributed by atoms with E-state index in [2.05, 4.69) is 57.1 Å². The van der Waals surface area contributed by atoms with Crippen LogP contribution in [-0.2, 0) is 0 Å². The number of rotatable bonds is 6. The molecular weight excluding hydrogens is 274 g/mol. The summed E-state index contributed by atoms with van der Waals surface area (Å²) in [4.78, 5) is 2.48. The lowest BCUT2D eigenvalue weighted by molar-refractivity contribution is 0.168. The number of nitrogens with zero attached hydrogens (tertiary/aromatic N) is 3. The Bertz CT molecular complexity index is 330. The zero-order valence-corrected chi connectivity index (χ0v) is 16.2. The van der Waals surface area contributed by atoms with Crippen LogP contribution in [0, 0.1) is 17.2 Å². The van der Waals surface area contributed by atoms with Crippen molar-refractivity contribution in [2.75, 3.05) is 32.7 Å². The van der Waals surface area contributed by atoms with E-state index in [1.807, 2.05) is 6.92 Å². The van der Waals surface area contributed by atoms with Gasteiger partial charge in [0.1, 0.15) is 8.24 Å². The summed E-state index contributed by atoms with van der Waals surface area (Å²) in [6.45, 7) is 22.3. The molecule has 1 fully saturated rings. The molecule has 0 bridgehead atoms. The van der Waals surface area contributed by atoms with Gasteiger partial charge in [-0.1, -0.05) is 41.5 Å². The van der Waals surface area contributed by atoms with Crippen LogP contribution in [0.5, 0.6) is 0 Å². The molecule has 1 atom stereocenters. The highest BCUT2D eigenvalue weighted by atomic mass is 28.3. The van der Waals surface area contributed by atoms with Gasteiger partial charge in [0.25, 0.3) is 0 Å². The molecule has 4 heteroatoms. The highest BCUT2D eigenvalue weighted by molar-refractivity contribution is 6.81. The average molecular weight is 310 g/mol. The molecule has 0 radical (unpaired) electrons. The van der Waals surface area contributed by atoms with E-state index >= 15 is 0 Å². The second-order valence-electron chi connectivity index (χ2n) is 7.67. The second kappa shape index (κ2) is 7.76. The van der Waals surface area contributed by atoms with Crippen molar-refractivity contribution in [2.45, 2.75) is 65.1 Å². The van der Waals surface area contributed by atoms with Crippen molar-refractivity contribution < 1.29 is 0 Å². The minimum Gasteiger partial charge on any atom is -0.320 e.